The third-order valence-electron chi connectivity index (χ3n) is 2.02. The van der Waals surface area contributed by atoms with Crippen molar-refractivity contribution in [3.63, 3.8) is 0 Å². The molecule has 0 saturated carbocycles. The van der Waals surface area contributed by atoms with E-state index < -0.39 is 13.0 Å². The SMILES string of the molecule is CC(CN)C(=O)Nc1ccn(CC(F)F)n1.Cl. The summed E-state index contributed by atoms with van der Waals surface area (Å²) in [6.45, 7) is 1.41. The van der Waals surface area contributed by atoms with Crippen LogP contribution >= 0.6 is 12.4 Å². The summed E-state index contributed by atoms with van der Waals surface area (Å²) in [5.41, 5.74) is 5.31. The Morgan fingerprint density at radius 2 is 2.29 bits per heavy atom. The molecule has 3 N–H and O–H groups in total. The number of carbonyl (C=O) groups excluding carboxylic acids is 1. The number of hydrogen-bond acceptors (Lipinski definition) is 3. The van der Waals surface area contributed by atoms with Gasteiger partial charge in [-0.15, -0.1) is 12.4 Å². The molecular weight excluding hydrogens is 254 g/mol. The molecule has 0 aromatic carbocycles. The van der Waals surface area contributed by atoms with Gasteiger partial charge in [-0.05, 0) is 0 Å². The van der Waals surface area contributed by atoms with Crippen molar-refractivity contribution >= 4 is 24.1 Å². The summed E-state index contributed by atoms with van der Waals surface area (Å²) in [4.78, 5) is 11.4. The maximum atomic E-state index is 12.0. The highest BCUT2D eigenvalue weighted by molar-refractivity contribution is 5.91. The van der Waals surface area contributed by atoms with Crippen LogP contribution in [0.4, 0.5) is 14.6 Å². The molecule has 8 heteroatoms. The van der Waals surface area contributed by atoms with E-state index in [1.54, 1.807) is 6.92 Å². The number of carbonyl (C=O) groups is 1. The predicted octanol–water partition coefficient (Wildman–Crippen LogP) is 1.10. The van der Waals surface area contributed by atoms with Crippen LogP contribution in [0, 0.1) is 5.92 Å². The fourth-order valence-electron chi connectivity index (χ4n) is 1.03. The minimum Gasteiger partial charge on any atom is -0.330 e. The second kappa shape index (κ2) is 7.18. The number of amides is 1. The number of rotatable bonds is 5. The van der Waals surface area contributed by atoms with Crippen molar-refractivity contribution in [2.24, 2.45) is 11.7 Å². The Kier molecular flexibility index (Phi) is 6.67. The standard InChI is InChI=1S/C9H14F2N4O.ClH/c1-6(4-12)9(16)13-8-2-3-15(14-8)5-7(10)11;/h2-3,6-7H,4-5,12H2,1H3,(H,13,14,16);1H. The maximum Gasteiger partial charge on any atom is 0.257 e. The number of nitrogens with two attached hydrogens (primary N) is 1. The Labute approximate surface area is 104 Å². The summed E-state index contributed by atoms with van der Waals surface area (Å²) in [6.07, 6.45) is -1.08. The van der Waals surface area contributed by atoms with Gasteiger partial charge in [0.1, 0.15) is 6.54 Å². The first-order valence-corrected chi connectivity index (χ1v) is 4.85. The van der Waals surface area contributed by atoms with Crippen molar-refractivity contribution in [1.82, 2.24) is 9.78 Å². The maximum absolute atomic E-state index is 12.0. The molecule has 1 heterocycles. The average molecular weight is 269 g/mol. The zero-order chi connectivity index (χ0) is 12.1. The van der Waals surface area contributed by atoms with Crippen molar-refractivity contribution < 1.29 is 13.6 Å². The topological polar surface area (TPSA) is 72.9 Å². The highest BCUT2D eigenvalue weighted by atomic mass is 35.5. The summed E-state index contributed by atoms with van der Waals surface area (Å²) in [5.74, 6) is -0.351. The highest BCUT2D eigenvalue weighted by Crippen LogP contribution is 2.06. The second-order valence-corrected chi connectivity index (χ2v) is 3.44. The predicted molar refractivity (Wildman–Crippen MR) is 62.3 cm³/mol. The summed E-state index contributed by atoms with van der Waals surface area (Å²) in [7, 11) is 0. The van der Waals surface area contributed by atoms with Crippen LogP contribution in [0.3, 0.4) is 0 Å². The Bertz CT molecular complexity index is 359. The quantitative estimate of drug-likeness (QED) is 0.840. The van der Waals surface area contributed by atoms with E-state index >= 15 is 0 Å². The van der Waals surface area contributed by atoms with Crippen LogP contribution < -0.4 is 11.1 Å². The van der Waals surface area contributed by atoms with Gasteiger partial charge in [-0.25, -0.2) is 8.78 Å². The number of anilines is 1. The number of aromatic nitrogens is 2. The Balaban J connectivity index is 0.00000256. The molecule has 0 bridgehead atoms. The minimum atomic E-state index is -2.47. The number of alkyl halides is 2. The number of nitrogens with one attached hydrogen (secondary N) is 1. The molecule has 1 amide bonds. The lowest BCUT2D eigenvalue weighted by Crippen LogP contribution is -2.26. The molecule has 0 aliphatic rings. The lowest BCUT2D eigenvalue weighted by Gasteiger charge is -2.07. The molecule has 98 valence electrons. The summed E-state index contributed by atoms with van der Waals surface area (Å²) in [6, 6.07) is 1.46. The molecule has 0 aliphatic heterocycles. The lowest BCUT2D eigenvalue weighted by atomic mass is 10.2. The molecule has 17 heavy (non-hydrogen) atoms. The number of hydrogen-bond donors (Lipinski definition) is 2. The normalized spacial score (nSPS) is 12.1. The van der Waals surface area contributed by atoms with Crippen LogP contribution in [-0.2, 0) is 11.3 Å². The fourth-order valence-corrected chi connectivity index (χ4v) is 1.03. The first-order valence-electron chi connectivity index (χ1n) is 4.85. The van der Waals surface area contributed by atoms with Crippen LogP contribution in [0.15, 0.2) is 12.3 Å². The van der Waals surface area contributed by atoms with Crippen LogP contribution in [0.1, 0.15) is 6.92 Å². The molecule has 0 fully saturated rings. The summed E-state index contributed by atoms with van der Waals surface area (Å²) in [5, 5.41) is 6.26. The monoisotopic (exact) mass is 268 g/mol. The Hall–Kier alpha value is -1.21. The lowest BCUT2D eigenvalue weighted by molar-refractivity contribution is -0.119. The van der Waals surface area contributed by atoms with E-state index in [0.29, 0.717) is 0 Å². The van der Waals surface area contributed by atoms with Crippen molar-refractivity contribution in [2.75, 3.05) is 11.9 Å². The van der Waals surface area contributed by atoms with Crippen molar-refractivity contribution in [3.8, 4) is 0 Å². The molecule has 0 spiro atoms. The van der Waals surface area contributed by atoms with E-state index in [9.17, 15) is 13.6 Å². The Morgan fingerprint density at radius 1 is 1.65 bits per heavy atom. The van der Waals surface area contributed by atoms with Gasteiger partial charge in [0.25, 0.3) is 6.43 Å². The van der Waals surface area contributed by atoms with Crippen molar-refractivity contribution in [2.45, 2.75) is 19.9 Å². The van der Waals surface area contributed by atoms with Crippen LogP contribution in [0.25, 0.3) is 0 Å². The molecule has 1 rings (SSSR count). The van der Waals surface area contributed by atoms with Gasteiger partial charge in [0.05, 0.1) is 0 Å². The molecule has 0 saturated heterocycles. The van der Waals surface area contributed by atoms with Gasteiger partial charge < -0.3 is 11.1 Å². The first-order chi connectivity index (χ1) is 7.52. The zero-order valence-electron chi connectivity index (χ0n) is 9.27. The van der Waals surface area contributed by atoms with E-state index in [0.717, 1.165) is 4.68 Å². The number of halogens is 3. The third kappa shape index (κ3) is 5.10. The van der Waals surface area contributed by atoms with Gasteiger partial charge in [0, 0.05) is 24.7 Å². The molecule has 1 atom stereocenters. The van der Waals surface area contributed by atoms with Gasteiger partial charge in [-0.2, -0.15) is 5.10 Å². The van der Waals surface area contributed by atoms with Gasteiger partial charge in [-0.3, -0.25) is 9.48 Å². The van der Waals surface area contributed by atoms with E-state index in [1.165, 1.54) is 12.3 Å². The summed E-state index contributed by atoms with van der Waals surface area (Å²) >= 11 is 0. The van der Waals surface area contributed by atoms with Gasteiger partial charge in [0.2, 0.25) is 5.91 Å². The van der Waals surface area contributed by atoms with E-state index in [-0.39, 0.29) is 36.6 Å². The van der Waals surface area contributed by atoms with E-state index in [4.69, 9.17) is 5.73 Å². The average Bonchev–Trinajstić information content (AvgIpc) is 2.63. The van der Waals surface area contributed by atoms with E-state index in [2.05, 4.69) is 10.4 Å². The molecule has 0 aliphatic carbocycles. The number of nitrogens with zero attached hydrogens (tertiary/aromatic N) is 2. The zero-order valence-corrected chi connectivity index (χ0v) is 10.1. The third-order valence-corrected chi connectivity index (χ3v) is 2.02. The second-order valence-electron chi connectivity index (χ2n) is 3.44. The molecule has 5 nitrogen and oxygen atoms in total. The molecule has 1 unspecified atom stereocenters. The summed E-state index contributed by atoms with van der Waals surface area (Å²) < 4.78 is 25.1. The Morgan fingerprint density at radius 3 is 2.82 bits per heavy atom. The first kappa shape index (κ1) is 15.8. The van der Waals surface area contributed by atoms with E-state index in [1.807, 2.05) is 0 Å². The smallest absolute Gasteiger partial charge is 0.257 e. The van der Waals surface area contributed by atoms with Crippen molar-refractivity contribution in [3.05, 3.63) is 12.3 Å². The molecule has 1 aromatic rings. The molecular formula is C9H15ClF2N4O. The van der Waals surface area contributed by atoms with Gasteiger partial charge >= 0.3 is 0 Å². The highest BCUT2D eigenvalue weighted by Gasteiger charge is 2.12. The molecule has 0 radical (unpaired) electrons. The fraction of sp³-hybridized carbons (Fsp3) is 0.556. The van der Waals surface area contributed by atoms with Gasteiger partial charge in [0.15, 0.2) is 5.82 Å². The van der Waals surface area contributed by atoms with Crippen molar-refractivity contribution in [1.29, 1.82) is 0 Å². The van der Waals surface area contributed by atoms with Gasteiger partial charge in [-0.1, -0.05) is 6.92 Å². The van der Waals surface area contributed by atoms with Crippen LogP contribution in [0.2, 0.25) is 0 Å². The van der Waals surface area contributed by atoms with Crippen LogP contribution in [-0.4, -0.2) is 28.7 Å². The minimum absolute atomic E-state index is 0. The largest absolute Gasteiger partial charge is 0.330 e. The van der Waals surface area contributed by atoms with Crippen LogP contribution in [0.5, 0.6) is 0 Å². The molecule has 1 aromatic heterocycles.